The monoisotopic (exact) mass is 323 g/mol. The summed E-state index contributed by atoms with van der Waals surface area (Å²) in [5, 5.41) is 14.9. The van der Waals surface area contributed by atoms with Gasteiger partial charge in [-0.05, 0) is 37.3 Å². The van der Waals surface area contributed by atoms with Gasteiger partial charge in [-0.3, -0.25) is 15.1 Å². The van der Waals surface area contributed by atoms with Gasteiger partial charge in [-0.15, -0.1) is 0 Å². The van der Waals surface area contributed by atoms with E-state index in [2.05, 4.69) is 10.3 Å². The molecule has 0 saturated heterocycles. The van der Waals surface area contributed by atoms with Crippen LogP contribution in [0.25, 0.3) is 10.9 Å². The van der Waals surface area contributed by atoms with Gasteiger partial charge in [0.05, 0.1) is 22.5 Å². The number of non-ortho nitro benzene ring substituents is 1. The lowest BCUT2D eigenvalue weighted by atomic mass is 10.1. The molecule has 1 heterocycles. The van der Waals surface area contributed by atoms with Crippen LogP contribution in [0.3, 0.4) is 0 Å². The highest BCUT2D eigenvalue weighted by Gasteiger charge is 2.15. The Bertz CT molecular complexity index is 853. The number of nitro groups is 1. The number of nitrogens with zero attached hydrogens (tertiary/aromatic N) is 2. The van der Waals surface area contributed by atoms with Gasteiger partial charge in [0.25, 0.3) is 5.69 Å². The highest BCUT2D eigenvalue weighted by Crippen LogP contribution is 2.29. The summed E-state index contributed by atoms with van der Waals surface area (Å²) in [4.78, 5) is 15.0. The number of nitrogens with one attached hydrogen (secondary N) is 1. The van der Waals surface area contributed by atoms with Gasteiger partial charge >= 0.3 is 0 Å². The molecule has 3 rings (SSSR count). The molecule has 122 valence electrons. The first-order valence-corrected chi connectivity index (χ1v) is 7.63. The number of ether oxygens (including phenoxy) is 1. The van der Waals surface area contributed by atoms with Gasteiger partial charge in [0.1, 0.15) is 17.4 Å². The van der Waals surface area contributed by atoms with Crippen molar-refractivity contribution in [3.63, 3.8) is 0 Å². The summed E-state index contributed by atoms with van der Waals surface area (Å²) in [6.45, 7) is 2.51. The number of hydrogen-bond acceptors (Lipinski definition) is 5. The number of pyridine rings is 1. The molecule has 0 saturated carbocycles. The van der Waals surface area contributed by atoms with E-state index in [1.165, 1.54) is 6.07 Å². The minimum absolute atomic E-state index is 0.0530. The van der Waals surface area contributed by atoms with Crippen molar-refractivity contribution in [3.8, 4) is 5.75 Å². The molecule has 1 N–H and O–H groups in total. The van der Waals surface area contributed by atoms with Gasteiger partial charge < -0.3 is 10.1 Å². The molecule has 24 heavy (non-hydrogen) atoms. The molecule has 0 radical (unpaired) electrons. The summed E-state index contributed by atoms with van der Waals surface area (Å²) in [7, 11) is 0. The fourth-order valence-corrected chi connectivity index (χ4v) is 2.49. The maximum atomic E-state index is 11.1. The van der Waals surface area contributed by atoms with Crippen LogP contribution in [0.1, 0.15) is 6.92 Å². The Kier molecular flexibility index (Phi) is 4.56. The molecule has 1 atom stereocenters. The third-order valence-electron chi connectivity index (χ3n) is 3.60. The second kappa shape index (κ2) is 6.95. The van der Waals surface area contributed by atoms with E-state index in [0.29, 0.717) is 17.4 Å². The highest BCUT2D eigenvalue weighted by atomic mass is 16.6. The topological polar surface area (TPSA) is 77.3 Å². The van der Waals surface area contributed by atoms with Gasteiger partial charge in [0.15, 0.2) is 0 Å². The Hall–Kier alpha value is -3.15. The SMILES string of the molecule is CC(CNc1ccc([N+](=O)[O-])c2cccnc12)Oc1ccccc1. The van der Waals surface area contributed by atoms with Gasteiger partial charge in [-0.1, -0.05) is 18.2 Å². The maximum Gasteiger partial charge on any atom is 0.278 e. The quantitative estimate of drug-likeness (QED) is 0.547. The first-order valence-electron chi connectivity index (χ1n) is 7.63. The van der Waals surface area contributed by atoms with Crippen molar-refractivity contribution >= 4 is 22.3 Å². The van der Waals surface area contributed by atoms with Crippen LogP contribution in [0.2, 0.25) is 0 Å². The second-order valence-electron chi connectivity index (χ2n) is 5.41. The van der Waals surface area contributed by atoms with Crippen molar-refractivity contribution in [2.45, 2.75) is 13.0 Å². The number of rotatable bonds is 6. The minimum atomic E-state index is -0.394. The maximum absolute atomic E-state index is 11.1. The van der Waals surface area contributed by atoms with Crippen LogP contribution in [0.5, 0.6) is 5.75 Å². The third-order valence-corrected chi connectivity index (χ3v) is 3.60. The average molecular weight is 323 g/mol. The zero-order chi connectivity index (χ0) is 16.9. The fourth-order valence-electron chi connectivity index (χ4n) is 2.49. The zero-order valence-electron chi connectivity index (χ0n) is 13.2. The Morgan fingerprint density at radius 1 is 1.17 bits per heavy atom. The number of anilines is 1. The van der Waals surface area contributed by atoms with Crippen molar-refractivity contribution in [1.82, 2.24) is 4.98 Å². The summed E-state index contributed by atoms with van der Waals surface area (Å²) < 4.78 is 5.82. The van der Waals surface area contributed by atoms with Crippen molar-refractivity contribution in [1.29, 1.82) is 0 Å². The van der Waals surface area contributed by atoms with Crippen LogP contribution in [0.4, 0.5) is 11.4 Å². The predicted octanol–water partition coefficient (Wildman–Crippen LogP) is 4.02. The molecular formula is C18H17N3O3. The summed E-state index contributed by atoms with van der Waals surface area (Å²) in [5.41, 5.74) is 1.38. The largest absolute Gasteiger partial charge is 0.489 e. The summed E-state index contributed by atoms with van der Waals surface area (Å²) in [6.07, 6.45) is 1.56. The average Bonchev–Trinajstić information content (AvgIpc) is 2.60. The van der Waals surface area contributed by atoms with E-state index in [4.69, 9.17) is 4.74 Å². The van der Waals surface area contributed by atoms with Crippen LogP contribution in [-0.2, 0) is 0 Å². The summed E-state index contributed by atoms with van der Waals surface area (Å²) in [6, 6.07) is 16.2. The number of benzene rings is 2. The van der Waals surface area contributed by atoms with E-state index < -0.39 is 4.92 Å². The highest BCUT2D eigenvalue weighted by molar-refractivity contribution is 5.96. The van der Waals surface area contributed by atoms with Crippen LogP contribution in [-0.4, -0.2) is 22.6 Å². The lowest BCUT2D eigenvalue weighted by molar-refractivity contribution is -0.383. The van der Waals surface area contributed by atoms with E-state index >= 15 is 0 Å². The Morgan fingerprint density at radius 2 is 1.96 bits per heavy atom. The summed E-state index contributed by atoms with van der Waals surface area (Å²) >= 11 is 0. The number of para-hydroxylation sites is 1. The zero-order valence-corrected chi connectivity index (χ0v) is 13.2. The van der Waals surface area contributed by atoms with Crippen molar-refractivity contribution in [3.05, 3.63) is 70.9 Å². The molecule has 1 aromatic heterocycles. The molecular weight excluding hydrogens is 306 g/mol. The molecule has 0 aliphatic heterocycles. The number of hydrogen-bond donors (Lipinski definition) is 1. The van der Waals surface area contributed by atoms with Gasteiger partial charge in [-0.2, -0.15) is 0 Å². The second-order valence-corrected chi connectivity index (χ2v) is 5.41. The molecule has 2 aromatic carbocycles. The molecule has 6 nitrogen and oxygen atoms in total. The summed E-state index contributed by atoms with van der Waals surface area (Å²) in [5.74, 6) is 0.804. The van der Waals surface area contributed by atoms with Gasteiger partial charge in [0.2, 0.25) is 0 Å². The number of fused-ring (bicyclic) bond motifs is 1. The normalized spacial score (nSPS) is 11.9. The molecule has 0 bridgehead atoms. The van der Waals surface area contributed by atoms with Crippen molar-refractivity contribution in [2.24, 2.45) is 0 Å². The first kappa shape index (κ1) is 15.7. The van der Waals surface area contributed by atoms with Crippen molar-refractivity contribution < 1.29 is 9.66 Å². The molecule has 0 aliphatic rings. The standard InChI is InChI=1S/C18H17N3O3/c1-13(24-14-6-3-2-4-7-14)12-20-16-9-10-17(21(22)23)15-8-5-11-19-18(15)16/h2-11,13,20H,12H2,1H3. The predicted molar refractivity (Wildman–Crippen MR) is 93.4 cm³/mol. The van der Waals surface area contributed by atoms with Gasteiger partial charge in [-0.25, -0.2) is 0 Å². The minimum Gasteiger partial charge on any atom is -0.489 e. The molecule has 6 heteroatoms. The molecule has 3 aromatic rings. The molecule has 0 aliphatic carbocycles. The fraction of sp³-hybridized carbons (Fsp3) is 0.167. The molecule has 0 amide bonds. The Morgan fingerprint density at radius 3 is 2.71 bits per heavy atom. The lowest BCUT2D eigenvalue weighted by Gasteiger charge is -2.16. The Balaban J connectivity index is 1.76. The first-order chi connectivity index (χ1) is 11.6. The smallest absolute Gasteiger partial charge is 0.278 e. The van der Waals surface area contributed by atoms with E-state index in [0.717, 1.165) is 11.4 Å². The van der Waals surface area contributed by atoms with Crippen LogP contribution in [0.15, 0.2) is 60.8 Å². The van der Waals surface area contributed by atoms with Gasteiger partial charge in [0, 0.05) is 12.3 Å². The van der Waals surface area contributed by atoms with E-state index in [-0.39, 0.29) is 11.8 Å². The van der Waals surface area contributed by atoms with Crippen molar-refractivity contribution in [2.75, 3.05) is 11.9 Å². The van der Waals surface area contributed by atoms with Crippen LogP contribution >= 0.6 is 0 Å². The Labute approximate surface area is 139 Å². The third kappa shape index (κ3) is 3.43. The van der Waals surface area contributed by atoms with E-state index in [1.54, 1.807) is 24.4 Å². The number of aromatic nitrogens is 1. The lowest BCUT2D eigenvalue weighted by Crippen LogP contribution is -2.22. The van der Waals surface area contributed by atoms with Crippen LogP contribution < -0.4 is 10.1 Å². The molecule has 0 fully saturated rings. The molecule has 0 spiro atoms. The van der Waals surface area contributed by atoms with E-state index in [9.17, 15) is 10.1 Å². The van der Waals surface area contributed by atoms with Crippen LogP contribution in [0, 0.1) is 10.1 Å². The number of nitro benzene ring substituents is 1. The molecule has 1 unspecified atom stereocenters. The van der Waals surface area contributed by atoms with E-state index in [1.807, 2.05) is 37.3 Å².